The number of hydrogen-bond acceptors (Lipinski definition) is 3. The Morgan fingerprint density at radius 1 is 1.42 bits per heavy atom. The molecule has 0 spiro atoms. The van der Waals surface area contributed by atoms with Crippen molar-refractivity contribution in [3.05, 3.63) is 27.7 Å². The van der Waals surface area contributed by atoms with Gasteiger partial charge in [-0.25, -0.2) is 0 Å². The van der Waals surface area contributed by atoms with Crippen molar-refractivity contribution in [3.8, 4) is 5.75 Å². The Balaban J connectivity index is 2.86. The molecule has 0 saturated carbocycles. The first-order valence-electron chi connectivity index (χ1n) is 5.83. The van der Waals surface area contributed by atoms with E-state index < -0.39 is 11.5 Å². The summed E-state index contributed by atoms with van der Waals surface area (Å²) in [6.45, 7) is 5.38. The summed E-state index contributed by atoms with van der Waals surface area (Å²) < 4.78 is 0. The van der Waals surface area contributed by atoms with Gasteiger partial charge in [-0.3, -0.25) is 4.79 Å². The van der Waals surface area contributed by atoms with Crippen molar-refractivity contribution in [2.75, 3.05) is 6.54 Å². The SMILES string of the molecule is CC(C)C(C)(O)CNC(=O)c1c(O)cc(Cl)cc1Cl. The van der Waals surface area contributed by atoms with Crippen LogP contribution in [-0.4, -0.2) is 28.3 Å². The van der Waals surface area contributed by atoms with Crippen LogP contribution in [-0.2, 0) is 0 Å². The Morgan fingerprint density at radius 3 is 2.47 bits per heavy atom. The minimum Gasteiger partial charge on any atom is -0.507 e. The first-order chi connectivity index (χ1) is 8.65. The second kappa shape index (κ2) is 5.99. The second-order valence-electron chi connectivity index (χ2n) is 4.98. The van der Waals surface area contributed by atoms with E-state index in [1.54, 1.807) is 6.92 Å². The van der Waals surface area contributed by atoms with E-state index in [-0.39, 0.29) is 33.8 Å². The summed E-state index contributed by atoms with van der Waals surface area (Å²) in [7, 11) is 0. The topological polar surface area (TPSA) is 69.6 Å². The van der Waals surface area contributed by atoms with Crippen molar-refractivity contribution in [1.29, 1.82) is 0 Å². The van der Waals surface area contributed by atoms with Gasteiger partial charge < -0.3 is 15.5 Å². The van der Waals surface area contributed by atoms with Crippen molar-refractivity contribution < 1.29 is 15.0 Å². The van der Waals surface area contributed by atoms with E-state index in [1.807, 2.05) is 13.8 Å². The number of aromatic hydroxyl groups is 1. The van der Waals surface area contributed by atoms with E-state index in [1.165, 1.54) is 12.1 Å². The molecule has 4 nitrogen and oxygen atoms in total. The van der Waals surface area contributed by atoms with E-state index in [0.717, 1.165) is 0 Å². The molecule has 6 heteroatoms. The van der Waals surface area contributed by atoms with Crippen LogP contribution >= 0.6 is 23.2 Å². The Hall–Kier alpha value is -0.970. The lowest BCUT2D eigenvalue weighted by molar-refractivity contribution is 0.0142. The number of phenols is 1. The molecule has 0 aliphatic rings. The predicted octanol–water partition coefficient (Wildman–Crippen LogP) is 2.84. The lowest BCUT2D eigenvalue weighted by Crippen LogP contribution is -2.44. The Kier molecular flexibility index (Phi) is 5.07. The fourth-order valence-corrected chi connectivity index (χ4v) is 1.91. The Bertz CT molecular complexity index is 464. The highest BCUT2D eigenvalue weighted by atomic mass is 35.5. The largest absolute Gasteiger partial charge is 0.507 e. The molecule has 19 heavy (non-hydrogen) atoms. The number of benzene rings is 1. The molecule has 1 aromatic carbocycles. The van der Waals surface area contributed by atoms with Crippen LogP contribution in [0.25, 0.3) is 0 Å². The van der Waals surface area contributed by atoms with Gasteiger partial charge in [-0.05, 0) is 25.0 Å². The quantitative estimate of drug-likeness (QED) is 0.801. The van der Waals surface area contributed by atoms with Gasteiger partial charge in [0, 0.05) is 11.6 Å². The van der Waals surface area contributed by atoms with E-state index in [9.17, 15) is 15.0 Å². The van der Waals surface area contributed by atoms with Crippen molar-refractivity contribution in [2.24, 2.45) is 5.92 Å². The molecular formula is C13H17Cl2NO3. The van der Waals surface area contributed by atoms with Crippen LogP contribution in [0.5, 0.6) is 5.75 Å². The highest BCUT2D eigenvalue weighted by molar-refractivity contribution is 6.37. The lowest BCUT2D eigenvalue weighted by atomic mass is 9.92. The third-order valence-corrected chi connectivity index (χ3v) is 3.63. The van der Waals surface area contributed by atoms with Crippen molar-refractivity contribution in [1.82, 2.24) is 5.32 Å². The molecule has 0 saturated heterocycles. The molecule has 1 atom stereocenters. The smallest absolute Gasteiger partial charge is 0.256 e. The molecule has 0 radical (unpaired) electrons. The van der Waals surface area contributed by atoms with Crippen LogP contribution in [0.15, 0.2) is 12.1 Å². The molecule has 0 aliphatic carbocycles. The molecule has 0 bridgehead atoms. The fourth-order valence-electron chi connectivity index (χ4n) is 1.34. The molecule has 1 rings (SSSR count). The van der Waals surface area contributed by atoms with Gasteiger partial charge in [0.2, 0.25) is 0 Å². The summed E-state index contributed by atoms with van der Waals surface area (Å²) in [6.07, 6.45) is 0. The first kappa shape index (κ1) is 16.1. The van der Waals surface area contributed by atoms with Crippen molar-refractivity contribution in [2.45, 2.75) is 26.4 Å². The minimum atomic E-state index is -1.04. The molecule has 1 aromatic rings. The maximum absolute atomic E-state index is 12.0. The maximum atomic E-state index is 12.0. The van der Waals surface area contributed by atoms with Gasteiger partial charge in [0.15, 0.2) is 0 Å². The predicted molar refractivity (Wildman–Crippen MR) is 75.9 cm³/mol. The lowest BCUT2D eigenvalue weighted by Gasteiger charge is -2.27. The summed E-state index contributed by atoms with van der Waals surface area (Å²) in [5, 5.41) is 22.6. The number of nitrogens with one attached hydrogen (secondary N) is 1. The summed E-state index contributed by atoms with van der Waals surface area (Å²) in [6, 6.07) is 2.61. The second-order valence-corrected chi connectivity index (χ2v) is 5.82. The standard InChI is InChI=1S/C13H17Cl2NO3/c1-7(2)13(3,19)6-16-12(18)11-9(15)4-8(14)5-10(11)17/h4-5,7,17,19H,6H2,1-3H3,(H,16,18). The molecule has 1 amide bonds. The van der Waals surface area contributed by atoms with Crippen LogP contribution in [0.1, 0.15) is 31.1 Å². The Morgan fingerprint density at radius 2 is 2.00 bits per heavy atom. The van der Waals surface area contributed by atoms with E-state index >= 15 is 0 Å². The first-order valence-corrected chi connectivity index (χ1v) is 6.59. The number of aliphatic hydroxyl groups is 1. The molecule has 0 aliphatic heterocycles. The fraction of sp³-hybridized carbons (Fsp3) is 0.462. The van der Waals surface area contributed by atoms with Crippen LogP contribution in [0, 0.1) is 5.92 Å². The summed E-state index contributed by atoms with van der Waals surface area (Å²) in [5.41, 5.74) is -1.09. The van der Waals surface area contributed by atoms with Gasteiger partial charge in [0.25, 0.3) is 5.91 Å². The van der Waals surface area contributed by atoms with E-state index in [2.05, 4.69) is 5.32 Å². The van der Waals surface area contributed by atoms with Crippen LogP contribution < -0.4 is 5.32 Å². The zero-order valence-corrected chi connectivity index (χ0v) is 12.5. The number of amides is 1. The van der Waals surface area contributed by atoms with Crippen molar-refractivity contribution in [3.63, 3.8) is 0 Å². The molecular weight excluding hydrogens is 289 g/mol. The van der Waals surface area contributed by atoms with E-state index in [4.69, 9.17) is 23.2 Å². The molecule has 0 heterocycles. The summed E-state index contributed by atoms with van der Waals surface area (Å²) in [4.78, 5) is 12.0. The van der Waals surface area contributed by atoms with Gasteiger partial charge >= 0.3 is 0 Å². The molecule has 0 aromatic heterocycles. The van der Waals surface area contributed by atoms with Gasteiger partial charge in [-0.15, -0.1) is 0 Å². The number of carbonyl (C=O) groups excluding carboxylic acids is 1. The van der Waals surface area contributed by atoms with Crippen molar-refractivity contribution >= 4 is 29.1 Å². The number of halogens is 2. The number of hydrogen-bond donors (Lipinski definition) is 3. The normalized spacial score (nSPS) is 14.3. The monoisotopic (exact) mass is 305 g/mol. The summed E-state index contributed by atoms with van der Waals surface area (Å²) >= 11 is 11.6. The summed E-state index contributed by atoms with van der Waals surface area (Å²) in [5.74, 6) is -0.874. The zero-order valence-electron chi connectivity index (χ0n) is 11.0. The highest BCUT2D eigenvalue weighted by Gasteiger charge is 2.26. The zero-order chi connectivity index (χ0) is 14.8. The molecule has 1 unspecified atom stereocenters. The van der Waals surface area contributed by atoms with Crippen LogP contribution in [0.4, 0.5) is 0 Å². The van der Waals surface area contributed by atoms with Gasteiger partial charge in [0.1, 0.15) is 5.75 Å². The van der Waals surface area contributed by atoms with Crippen LogP contribution in [0.3, 0.4) is 0 Å². The number of carbonyl (C=O) groups is 1. The molecule has 3 N–H and O–H groups in total. The average molecular weight is 306 g/mol. The van der Waals surface area contributed by atoms with Crippen LogP contribution in [0.2, 0.25) is 10.0 Å². The van der Waals surface area contributed by atoms with Gasteiger partial charge in [-0.2, -0.15) is 0 Å². The highest BCUT2D eigenvalue weighted by Crippen LogP contribution is 2.30. The third kappa shape index (κ3) is 4.00. The van der Waals surface area contributed by atoms with Gasteiger partial charge in [0.05, 0.1) is 16.2 Å². The van der Waals surface area contributed by atoms with E-state index in [0.29, 0.717) is 0 Å². The van der Waals surface area contributed by atoms with Gasteiger partial charge in [-0.1, -0.05) is 37.0 Å². The average Bonchev–Trinajstić information content (AvgIpc) is 2.24. The Labute approximate surface area is 122 Å². The minimum absolute atomic E-state index is 0.0258. The third-order valence-electron chi connectivity index (χ3n) is 3.11. The number of phenolic OH excluding ortho intramolecular Hbond substituents is 1. The maximum Gasteiger partial charge on any atom is 0.256 e. The molecule has 0 fully saturated rings. The number of rotatable bonds is 4. The molecule has 106 valence electrons.